The minimum Gasteiger partial charge on any atom is -0.357 e. The predicted molar refractivity (Wildman–Crippen MR) is 79.2 cm³/mol. The molecule has 1 fully saturated rings. The summed E-state index contributed by atoms with van der Waals surface area (Å²) in [6, 6.07) is 9.65. The van der Waals surface area contributed by atoms with Crippen LogP contribution >= 0.6 is 0 Å². The normalized spacial score (nSPS) is 20.4. The zero-order chi connectivity index (χ0) is 15.7. The van der Waals surface area contributed by atoms with E-state index in [1.165, 1.54) is 0 Å². The first-order valence-electron chi connectivity index (χ1n) is 6.68. The van der Waals surface area contributed by atoms with Crippen molar-refractivity contribution in [3.05, 3.63) is 53.9 Å². The number of anilines is 1. The van der Waals surface area contributed by atoms with Crippen molar-refractivity contribution in [2.75, 3.05) is 5.32 Å². The molecule has 1 aliphatic heterocycles. The smallest absolute Gasteiger partial charge is 0.322 e. The fourth-order valence-electron chi connectivity index (χ4n) is 2.32. The maximum Gasteiger partial charge on any atom is 0.322 e. The molecule has 1 aromatic heterocycles. The summed E-state index contributed by atoms with van der Waals surface area (Å²) in [4.78, 5) is 38.1. The molecule has 1 atom stereocenters. The van der Waals surface area contributed by atoms with Crippen molar-refractivity contribution in [1.29, 1.82) is 0 Å². The molecule has 3 rings (SSSR count). The monoisotopic (exact) mass is 298 g/mol. The fourth-order valence-corrected chi connectivity index (χ4v) is 2.32. The zero-order valence-electron chi connectivity index (χ0n) is 11.8. The minimum absolute atomic E-state index is 0.285. The second-order valence-electron chi connectivity index (χ2n) is 5.15. The molecule has 7 heteroatoms. The number of rotatable bonds is 3. The summed E-state index contributed by atoms with van der Waals surface area (Å²) in [6.07, 6.45) is 1.66. The Morgan fingerprint density at radius 2 is 2.00 bits per heavy atom. The maximum absolute atomic E-state index is 12.0. The third-order valence-electron chi connectivity index (χ3n) is 3.59. The van der Waals surface area contributed by atoms with Crippen molar-refractivity contribution >= 4 is 23.5 Å². The van der Waals surface area contributed by atoms with Crippen LogP contribution in [0.5, 0.6) is 0 Å². The molecule has 0 unspecified atom stereocenters. The van der Waals surface area contributed by atoms with Gasteiger partial charge in [-0.05, 0) is 36.8 Å². The Balaban J connectivity index is 1.86. The molecule has 7 nitrogen and oxygen atoms in total. The van der Waals surface area contributed by atoms with Crippen LogP contribution in [0.25, 0.3) is 0 Å². The van der Waals surface area contributed by atoms with Gasteiger partial charge in [0, 0.05) is 11.9 Å². The van der Waals surface area contributed by atoms with Crippen molar-refractivity contribution in [2.45, 2.75) is 12.5 Å². The molecule has 0 bridgehead atoms. The molecule has 22 heavy (non-hydrogen) atoms. The number of aromatic amines is 1. The van der Waals surface area contributed by atoms with Crippen molar-refractivity contribution in [1.82, 2.24) is 15.6 Å². The molecule has 4 amide bonds. The second kappa shape index (κ2) is 5.03. The number of benzene rings is 1. The lowest BCUT2D eigenvalue weighted by Crippen LogP contribution is -2.40. The van der Waals surface area contributed by atoms with Gasteiger partial charge in [-0.1, -0.05) is 12.1 Å². The van der Waals surface area contributed by atoms with Crippen molar-refractivity contribution in [3.8, 4) is 0 Å². The van der Waals surface area contributed by atoms with Gasteiger partial charge < -0.3 is 15.6 Å². The largest absolute Gasteiger partial charge is 0.357 e. The van der Waals surface area contributed by atoms with Crippen molar-refractivity contribution in [2.24, 2.45) is 0 Å². The van der Waals surface area contributed by atoms with Crippen molar-refractivity contribution < 1.29 is 14.4 Å². The first-order chi connectivity index (χ1) is 10.5. The van der Waals surface area contributed by atoms with Gasteiger partial charge in [-0.25, -0.2) is 4.79 Å². The lowest BCUT2D eigenvalue weighted by molar-refractivity contribution is -0.123. The summed E-state index contributed by atoms with van der Waals surface area (Å²) in [5, 5.41) is 7.53. The van der Waals surface area contributed by atoms with E-state index in [-0.39, 0.29) is 5.91 Å². The molecular formula is C15H14N4O3. The number of amides is 4. The van der Waals surface area contributed by atoms with Crippen LogP contribution in [0.4, 0.5) is 10.5 Å². The van der Waals surface area contributed by atoms with Gasteiger partial charge in [-0.3, -0.25) is 14.9 Å². The number of urea groups is 1. The molecule has 1 aromatic carbocycles. The number of hydrogen-bond donors (Lipinski definition) is 4. The lowest BCUT2D eigenvalue weighted by atomic mass is 9.92. The number of aromatic nitrogens is 1. The average molecular weight is 298 g/mol. The number of hydrogen-bond acceptors (Lipinski definition) is 3. The quantitative estimate of drug-likeness (QED) is 0.642. The third-order valence-corrected chi connectivity index (χ3v) is 3.59. The SMILES string of the molecule is C[C@]1(c2cccc(NC(=O)c3ccc[nH]3)c2)NC(=O)NC1=O. The van der Waals surface area contributed by atoms with Gasteiger partial charge >= 0.3 is 6.03 Å². The number of H-pyrrole nitrogens is 1. The molecule has 0 spiro atoms. The van der Waals surface area contributed by atoms with Crippen LogP contribution < -0.4 is 16.0 Å². The number of imide groups is 1. The van der Waals surface area contributed by atoms with Crippen LogP contribution in [-0.2, 0) is 10.3 Å². The molecule has 2 heterocycles. The summed E-state index contributed by atoms with van der Waals surface area (Å²) in [5.74, 6) is -0.711. The van der Waals surface area contributed by atoms with Gasteiger partial charge in [0.1, 0.15) is 11.2 Å². The van der Waals surface area contributed by atoms with E-state index in [9.17, 15) is 14.4 Å². The van der Waals surface area contributed by atoms with Gasteiger partial charge in [0.05, 0.1) is 0 Å². The van der Waals surface area contributed by atoms with Crippen LogP contribution in [-0.4, -0.2) is 22.8 Å². The molecule has 0 aliphatic carbocycles. The summed E-state index contributed by atoms with van der Waals surface area (Å²) in [7, 11) is 0. The van der Waals surface area contributed by atoms with E-state index in [2.05, 4.69) is 20.9 Å². The Bertz CT molecular complexity index is 754. The molecular weight excluding hydrogens is 284 g/mol. The Labute approximate surface area is 126 Å². The Kier molecular flexibility index (Phi) is 3.17. The van der Waals surface area contributed by atoms with Crippen LogP contribution in [0, 0.1) is 0 Å². The van der Waals surface area contributed by atoms with Crippen LogP contribution in [0.1, 0.15) is 23.0 Å². The van der Waals surface area contributed by atoms with Gasteiger partial charge in [0.25, 0.3) is 11.8 Å². The molecule has 1 aliphatic rings. The summed E-state index contributed by atoms with van der Waals surface area (Å²) in [6.45, 7) is 1.61. The van der Waals surface area contributed by atoms with Gasteiger partial charge in [-0.2, -0.15) is 0 Å². The fraction of sp³-hybridized carbons (Fsp3) is 0.133. The Hall–Kier alpha value is -3.09. The van der Waals surface area contributed by atoms with Crippen LogP contribution in [0.3, 0.4) is 0 Å². The van der Waals surface area contributed by atoms with E-state index < -0.39 is 17.5 Å². The molecule has 0 radical (unpaired) electrons. The van der Waals surface area contributed by atoms with Crippen LogP contribution in [0.15, 0.2) is 42.6 Å². The molecule has 4 N–H and O–H groups in total. The van der Waals surface area contributed by atoms with E-state index in [1.54, 1.807) is 49.5 Å². The highest BCUT2D eigenvalue weighted by Crippen LogP contribution is 2.26. The van der Waals surface area contributed by atoms with Crippen molar-refractivity contribution in [3.63, 3.8) is 0 Å². The lowest BCUT2D eigenvalue weighted by Gasteiger charge is -2.21. The van der Waals surface area contributed by atoms with Crippen LogP contribution in [0.2, 0.25) is 0 Å². The summed E-state index contributed by atoms with van der Waals surface area (Å²) in [5.41, 5.74) is 0.403. The van der Waals surface area contributed by atoms with E-state index in [1.807, 2.05) is 0 Å². The average Bonchev–Trinajstić information content (AvgIpc) is 3.09. The topological polar surface area (TPSA) is 103 Å². The maximum atomic E-state index is 12.0. The molecule has 1 saturated heterocycles. The zero-order valence-corrected chi connectivity index (χ0v) is 11.8. The second-order valence-corrected chi connectivity index (χ2v) is 5.15. The number of nitrogens with one attached hydrogen (secondary N) is 4. The standard InChI is InChI=1S/C15H14N4O3/c1-15(13(21)18-14(22)19-15)9-4-2-5-10(8-9)17-12(20)11-6-3-7-16-11/h2-8,16H,1H3,(H,17,20)(H2,18,19,21,22)/t15-/m1/s1. The molecule has 112 valence electrons. The first-order valence-corrected chi connectivity index (χ1v) is 6.68. The van der Waals surface area contributed by atoms with Gasteiger partial charge in [-0.15, -0.1) is 0 Å². The highest BCUT2D eigenvalue weighted by Gasteiger charge is 2.43. The third kappa shape index (κ3) is 2.32. The van der Waals surface area contributed by atoms with E-state index in [4.69, 9.17) is 0 Å². The Morgan fingerprint density at radius 1 is 1.18 bits per heavy atom. The van der Waals surface area contributed by atoms with E-state index in [0.717, 1.165) is 0 Å². The van der Waals surface area contributed by atoms with Gasteiger partial charge in [0.2, 0.25) is 0 Å². The first kappa shape index (κ1) is 13.9. The highest BCUT2D eigenvalue weighted by molar-refractivity contribution is 6.07. The highest BCUT2D eigenvalue weighted by atomic mass is 16.2. The number of carbonyl (C=O) groups is 3. The van der Waals surface area contributed by atoms with E-state index in [0.29, 0.717) is 16.9 Å². The van der Waals surface area contributed by atoms with Gasteiger partial charge in [0.15, 0.2) is 0 Å². The Morgan fingerprint density at radius 3 is 2.64 bits per heavy atom. The predicted octanol–water partition coefficient (Wildman–Crippen LogP) is 1.32. The molecule has 2 aromatic rings. The van der Waals surface area contributed by atoms with E-state index >= 15 is 0 Å². The number of carbonyl (C=O) groups excluding carboxylic acids is 3. The minimum atomic E-state index is -1.15. The summed E-state index contributed by atoms with van der Waals surface area (Å²) < 4.78 is 0. The summed E-state index contributed by atoms with van der Waals surface area (Å²) >= 11 is 0. The molecule has 0 saturated carbocycles.